The van der Waals surface area contributed by atoms with Crippen molar-refractivity contribution in [2.45, 2.75) is 43.4 Å². The minimum atomic E-state index is -4.76. The van der Waals surface area contributed by atoms with E-state index in [1.54, 1.807) is 6.07 Å². The number of hydrogen-bond donors (Lipinski definition) is 1. The Balaban J connectivity index is 2.32. The monoisotopic (exact) mass is 344 g/mol. The third kappa shape index (κ3) is 2.86. The number of rotatable bonds is 1. The lowest BCUT2D eigenvalue weighted by atomic mass is 9.88. The molecular formula is C16H16F4N2S. The van der Waals surface area contributed by atoms with Gasteiger partial charge in [-0.05, 0) is 50.6 Å². The second kappa shape index (κ2) is 5.26. The second-order valence-electron chi connectivity index (χ2n) is 6.34. The molecule has 0 radical (unpaired) electrons. The largest absolute Gasteiger partial charge is 0.419 e. The minimum Gasteiger partial charge on any atom is -0.380 e. The first-order valence-corrected chi connectivity index (χ1v) is 8.40. The molecule has 3 rings (SSSR count). The predicted molar refractivity (Wildman–Crippen MR) is 84.5 cm³/mol. The van der Waals surface area contributed by atoms with Gasteiger partial charge in [-0.1, -0.05) is 0 Å². The van der Waals surface area contributed by atoms with Gasteiger partial charge in [0.15, 0.2) is 5.82 Å². The molecule has 1 aromatic carbocycles. The zero-order chi connectivity index (χ0) is 17.0. The topological polar surface area (TPSA) is 24.9 Å². The number of anilines is 1. The summed E-state index contributed by atoms with van der Waals surface area (Å²) in [6.45, 7) is 4.07. The Bertz CT molecular complexity index is 784. The van der Waals surface area contributed by atoms with E-state index in [0.29, 0.717) is 6.42 Å². The van der Waals surface area contributed by atoms with Gasteiger partial charge in [-0.25, -0.2) is 9.37 Å². The van der Waals surface area contributed by atoms with Gasteiger partial charge in [-0.15, -0.1) is 11.8 Å². The number of nitrogens with zero attached hydrogens (tertiary/aromatic N) is 1. The Labute approximate surface area is 135 Å². The smallest absolute Gasteiger partial charge is 0.380 e. The van der Waals surface area contributed by atoms with E-state index in [-0.39, 0.29) is 21.5 Å². The number of halogens is 4. The van der Waals surface area contributed by atoms with Crippen LogP contribution < -0.4 is 5.32 Å². The molecule has 1 N–H and O–H groups in total. The van der Waals surface area contributed by atoms with Gasteiger partial charge in [-0.3, -0.25) is 0 Å². The molecule has 7 heteroatoms. The van der Waals surface area contributed by atoms with Crippen LogP contribution in [0, 0.1) is 5.82 Å². The molecule has 0 bridgehead atoms. The number of alkyl halides is 3. The summed E-state index contributed by atoms with van der Waals surface area (Å²) in [5.41, 5.74) is 0.343. The van der Waals surface area contributed by atoms with Crippen LogP contribution in [0.2, 0.25) is 0 Å². The van der Waals surface area contributed by atoms with Crippen molar-refractivity contribution < 1.29 is 17.6 Å². The molecule has 0 amide bonds. The maximum absolute atomic E-state index is 14.2. The van der Waals surface area contributed by atoms with Crippen molar-refractivity contribution in [3.63, 3.8) is 0 Å². The van der Waals surface area contributed by atoms with Gasteiger partial charge in [0.05, 0.1) is 5.52 Å². The summed E-state index contributed by atoms with van der Waals surface area (Å²) >= 11 is 0.871. The molecule has 0 saturated carbocycles. The van der Waals surface area contributed by atoms with Gasteiger partial charge in [0.2, 0.25) is 0 Å². The summed E-state index contributed by atoms with van der Waals surface area (Å²) < 4.78 is 54.3. The highest BCUT2D eigenvalue weighted by Crippen LogP contribution is 2.41. The summed E-state index contributed by atoms with van der Waals surface area (Å²) in [4.78, 5) is 4.07. The molecule has 2 nitrogen and oxygen atoms in total. The first-order valence-electron chi connectivity index (χ1n) is 7.18. The fraction of sp³-hybridized carbons (Fsp3) is 0.438. The van der Waals surface area contributed by atoms with Crippen molar-refractivity contribution in [2.75, 3.05) is 11.6 Å². The van der Waals surface area contributed by atoms with Crippen molar-refractivity contribution >= 4 is 28.4 Å². The zero-order valence-electron chi connectivity index (χ0n) is 12.9. The van der Waals surface area contributed by atoms with Crippen LogP contribution in [0.1, 0.15) is 31.4 Å². The summed E-state index contributed by atoms with van der Waals surface area (Å²) in [7, 11) is 0. The van der Waals surface area contributed by atoms with Crippen molar-refractivity contribution in [3.05, 3.63) is 29.1 Å². The molecule has 2 heterocycles. The lowest BCUT2D eigenvalue weighted by Crippen LogP contribution is -2.35. The Morgan fingerprint density at radius 3 is 2.57 bits per heavy atom. The number of fused-ring (bicyclic) bond motifs is 2. The van der Waals surface area contributed by atoms with E-state index in [0.717, 1.165) is 29.4 Å². The molecule has 23 heavy (non-hydrogen) atoms. The lowest BCUT2D eigenvalue weighted by molar-refractivity contribution is -0.138. The first kappa shape index (κ1) is 16.4. The van der Waals surface area contributed by atoms with E-state index in [9.17, 15) is 17.6 Å². The van der Waals surface area contributed by atoms with E-state index < -0.39 is 17.6 Å². The predicted octanol–water partition coefficient (Wildman–Crippen LogP) is 5.25. The first-order chi connectivity index (χ1) is 10.6. The number of hydrogen-bond acceptors (Lipinski definition) is 3. The minimum absolute atomic E-state index is 0.129. The van der Waals surface area contributed by atoms with Gasteiger partial charge in [0, 0.05) is 16.6 Å². The molecule has 1 aromatic heterocycles. The molecule has 0 spiro atoms. The highest BCUT2D eigenvalue weighted by atomic mass is 32.2. The Hall–Kier alpha value is -1.50. The van der Waals surface area contributed by atoms with Gasteiger partial charge in [-0.2, -0.15) is 13.2 Å². The number of benzene rings is 1. The third-order valence-corrected chi connectivity index (χ3v) is 4.75. The van der Waals surface area contributed by atoms with Crippen LogP contribution in [0.25, 0.3) is 10.9 Å². The number of nitrogens with one attached hydrogen (secondary N) is 1. The summed E-state index contributed by atoms with van der Waals surface area (Å²) in [6.07, 6.45) is -1.80. The third-order valence-electron chi connectivity index (χ3n) is 4.09. The molecule has 1 aliphatic heterocycles. The van der Waals surface area contributed by atoms with Crippen LogP contribution in [-0.4, -0.2) is 16.8 Å². The molecule has 0 unspecified atom stereocenters. The quantitative estimate of drug-likeness (QED) is 0.565. The van der Waals surface area contributed by atoms with Crippen molar-refractivity contribution in [2.24, 2.45) is 0 Å². The van der Waals surface area contributed by atoms with Crippen LogP contribution in [0.4, 0.5) is 23.2 Å². The fourth-order valence-electron chi connectivity index (χ4n) is 2.92. The van der Waals surface area contributed by atoms with Crippen LogP contribution in [0.5, 0.6) is 0 Å². The van der Waals surface area contributed by atoms with Crippen LogP contribution >= 0.6 is 11.8 Å². The molecule has 0 saturated heterocycles. The lowest BCUT2D eigenvalue weighted by Gasteiger charge is -2.34. The highest BCUT2D eigenvalue weighted by Gasteiger charge is 2.38. The van der Waals surface area contributed by atoms with Gasteiger partial charge >= 0.3 is 6.18 Å². The molecule has 0 atom stereocenters. The molecule has 1 aliphatic rings. The maximum Gasteiger partial charge on any atom is 0.419 e. The zero-order valence-corrected chi connectivity index (χ0v) is 13.8. The Morgan fingerprint density at radius 1 is 1.26 bits per heavy atom. The van der Waals surface area contributed by atoms with Gasteiger partial charge < -0.3 is 5.32 Å². The SMILES string of the molecule is CSc1nc2cc3c(cc2c(C(F)(F)F)c1F)CCC(C)(C)N3. The molecule has 2 aromatic rings. The molecule has 0 fully saturated rings. The number of pyridine rings is 1. The summed E-state index contributed by atoms with van der Waals surface area (Å²) in [5, 5.41) is 2.91. The van der Waals surface area contributed by atoms with E-state index in [1.165, 1.54) is 12.3 Å². The second-order valence-corrected chi connectivity index (χ2v) is 7.14. The van der Waals surface area contributed by atoms with Crippen LogP contribution in [0.3, 0.4) is 0 Å². The Morgan fingerprint density at radius 2 is 1.96 bits per heavy atom. The van der Waals surface area contributed by atoms with Crippen molar-refractivity contribution in [1.29, 1.82) is 0 Å². The van der Waals surface area contributed by atoms with Crippen molar-refractivity contribution in [3.8, 4) is 0 Å². The average molecular weight is 344 g/mol. The number of thioether (sulfide) groups is 1. The Kier molecular flexibility index (Phi) is 3.74. The normalized spacial score (nSPS) is 17.0. The number of aromatic nitrogens is 1. The van der Waals surface area contributed by atoms with E-state index in [2.05, 4.69) is 10.3 Å². The average Bonchev–Trinajstić information content (AvgIpc) is 2.42. The van der Waals surface area contributed by atoms with E-state index in [4.69, 9.17) is 0 Å². The summed E-state index contributed by atoms with van der Waals surface area (Å²) in [5.74, 6) is -1.29. The maximum atomic E-state index is 14.2. The molecule has 0 aliphatic carbocycles. The molecule has 124 valence electrons. The summed E-state index contributed by atoms with van der Waals surface area (Å²) in [6, 6.07) is 3.02. The number of aryl methyl sites for hydroxylation is 1. The van der Waals surface area contributed by atoms with Gasteiger partial charge in [0.1, 0.15) is 10.6 Å². The molecular weight excluding hydrogens is 328 g/mol. The van der Waals surface area contributed by atoms with E-state index >= 15 is 0 Å². The van der Waals surface area contributed by atoms with Crippen molar-refractivity contribution in [1.82, 2.24) is 4.98 Å². The van der Waals surface area contributed by atoms with Crippen LogP contribution in [0.15, 0.2) is 17.2 Å². The fourth-order valence-corrected chi connectivity index (χ4v) is 3.39. The standard InChI is InChI=1S/C16H16F4N2S/c1-15(2)5-4-8-6-9-11(7-10(8)22-15)21-14(23-3)13(17)12(9)16(18,19)20/h6-7,22H,4-5H2,1-3H3. The highest BCUT2D eigenvalue weighted by molar-refractivity contribution is 7.98. The van der Waals surface area contributed by atoms with Gasteiger partial charge in [0.25, 0.3) is 0 Å². The van der Waals surface area contributed by atoms with E-state index in [1.807, 2.05) is 13.8 Å². The van der Waals surface area contributed by atoms with Crippen LogP contribution in [-0.2, 0) is 12.6 Å².